The highest BCUT2D eigenvalue weighted by Crippen LogP contribution is 2.43. The number of hydrogen-bond acceptors (Lipinski definition) is 3. The lowest BCUT2D eigenvalue weighted by molar-refractivity contribution is 0.101. The standard InChI is InChI=1S/C28H24N2O3S/c1-18-13-15-21(16-14-18)34(32,33)29-28-23(19(2)31)17-25-27(26(28)20-9-5-4-6-10-20)22-11-7-8-12-24(22)30(25)3/h4-17,29H,1-3H3. The number of ketones is 1. The van der Waals surface area contributed by atoms with E-state index in [1.165, 1.54) is 6.92 Å². The number of sulfonamides is 1. The first-order valence-electron chi connectivity index (χ1n) is 11.0. The number of hydrogen-bond donors (Lipinski definition) is 1. The smallest absolute Gasteiger partial charge is 0.261 e. The van der Waals surface area contributed by atoms with E-state index >= 15 is 0 Å². The van der Waals surface area contributed by atoms with Crippen LogP contribution in [0.5, 0.6) is 0 Å². The maximum Gasteiger partial charge on any atom is 0.261 e. The molecule has 0 radical (unpaired) electrons. The van der Waals surface area contributed by atoms with Crippen LogP contribution in [0.25, 0.3) is 32.9 Å². The predicted molar refractivity (Wildman–Crippen MR) is 138 cm³/mol. The molecule has 6 heteroatoms. The number of carbonyl (C=O) groups excluding carboxylic acids is 1. The zero-order valence-electron chi connectivity index (χ0n) is 19.2. The summed E-state index contributed by atoms with van der Waals surface area (Å²) in [5, 5.41) is 1.89. The van der Waals surface area contributed by atoms with E-state index in [-0.39, 0.29) is 10.7 Å². The van der Waals surface area contributed by atoms with Crippen molar-refractivity contribution in [3.8, 4) is 11.1 Å². The van der Waals surface area contributed by atoms with Gasteiger partial charge in [0.2, 0.25) is 0 Å². The van der Waals surface area contributed by atoms with Gasteiger partial charge in [0.25, 0.3) is 10.0 Å². The molecule has 34 heavy (non-hydrogen) atoms. The molecule has 5 rings (SSSR count). The molecule has 0 unspecified atom stereocenters. The monoisotopic (exact) mass is 468 g/mol. The molecule has 1 heterocycles. The van der Waals surface area contributed by atoms with Crippen LogP contribution >= 0.6 is 0 Å². The molecule has 0 spiro atoms. The number of para-hydroxylation sites is 1. The molecular weight excluding hydrogens is 444 g/mol. The second-order valence-corrected chi connectivity index (χ2v) is 10.2. The molecule has 0 aliphatic rings. The highest BCUT2D eigenvalue weighted by Gasteiger charge is 2.25. The summed E-state index contributed by atoms with van der Waals surface area (Å²) >= 11 is 0. The molecule has 5 nitrogen and oxygen atoms in total. The maximum atomic E-state index is 13.4. The number of benzene rings is 4. The molecule has 0 atom stereocenters. The summed E-state index contributed by atoms with van der Waals surface area (Å²) in [6, 6.07) is 26.0. The fourth-order valence-electron chi connectivity index (χ4n) is 4.50. The van der Waals surface area contributed by atoms with Crippen molar-refractivity contribution in [2.75, 3.05) is 4.72 Å². The fourth-order valence-corrected chi connectivity index (χ4v) is 5.59. The Labute approximate surface area is 198 Å². The van der Waals surface area contributed by atoms with Gasteiger partial charge in [-0.2, -0.15) is 0 Å². The zero-order chi connectivity index (χ0) is 24.0. The van der Waals surface area contributed by atoms with Crippen molar-refractivity contribution in [2.24, 2.45) is 7.05 Å². The van der Waals surface area contributed by atoms with Crippen LogP contribution in [0.3, 0.4) is 0 Å². The van der Waals surface area contributed by atoms with Gasteiger partial charge < -0.3 is 4.57 Å². The molecule has 0 amide bonds. The van der Waals surface area contributed by atoms with Crippen molar-refractivity contribution >= 4 is 43.3 Å². The normalized spacial score (nSPS) is 11.7. The van der Waals surface area contributed by atoms with Crippen molar-refractivity contribution in [1.29, 1.82) is 0 Å². The Morgan fingerprint density at radius 1 is 0.853 bits per heavy atom. The van der Waals surface area contributed by atoms with Crippen molar-refractivity contribution < 1.29 is 13.2 Å². The van der Waals surface area contributed by atoms with Crippen molar-refractivity contribution in [2.45, 2.75) is 18.7 Å². The average Bonchev–Trinajstić information content (AvgIpc) is 3.11. The van der Waals surface area contributed by atoms with Crippen LogP contribution in [0.4, 0.5) is 5.69 Å². The molecule has 0 bridgehead atoms. The van der Waals surface area contributed by atoms with Crippen LogP contribution in [-0.4, -0.2) is 18.8 Å². The van der Waals surface area contributed by atoms with Gasteiger partial charge in [0.1, 0.15) is 0 Å². The number of aromatic nitrogens is 1. The third kappa shape index (κ3) is 3.56. The summed E-state index contributed by atoms with van der Waals surface area (Å²) in [5.41, 5.74) is 4.97. The summed E-state index contributed by atoms with van der Waals surface area (Å²) in [5.74, 6) is -0.217. The molecule has 0 saturated carbocycles. The number of nitrogens with one attached hydrogen (secondary N) is 1. The first-order valence-corrected chi connectivity index (χ1v) is 12.5. The Bertz CT molecular complexity index is 1670. The Morgan fingerprint density at radius 3 is 2.18 bits per heavy atom. The number of aryl methyl sites for hydroxylation is 2. The van der Waals surface area contributed by atoms with Crippen molar-refractivity contribution in [3.05, 3.63) is 96.1 Å². The number of nitrogens with zero attached hydrogens (tertiary/aromatic N) is 1. The second-order valence-electron chi connectivity index (χ2n) is 8.49. The number of rotatable bonds is 5. The number of anilines is 1. The van der Waals surface area contributed by atoms with E-state index in [0.29, 0.717) is 16.8 Å². The summed E-state index contributed by atoms with van der Waals surface area (Å²) in [4.78, 5) is 13.0. The van der Waals surface area contributed by atoms with E-state index in [9.17, 15) is 13.2 Å². The van der Waals surface area contributed by atoms with E-state index in [1.54, 1.807) is 30.3 Å². The lowest BCUT2D eigenvalue weighted by Gasteiger charge is -2.18. The summed E-state index contributed by atoms with van der Waals surface area (Å²) in [6.45, 7) is 3.36. The van der Waals surface area contributed by atoms with Gasteiger partial charge in [0, 0.05) is 34.5 Å². The van der Waals surface area contributed by atoms with Crippen molar-refractivity contribution in [3.63, 3.8) is 0 Å². The van der Waals surface area contributed by atoms with E-state index in [1.807, 2.05) is 73.1 Å². The maximum absolute atomic E-state index is 13.4. The Kier molecular flexibility index (Phi) is 5.25. The molecule has 0 saturated heterocycles. The summed E-state index contributed by atoms with van der Waals surface area (Å²) in [6.07, 6.45) is 0. The fraction of sp³-hybridized carbons (Fsp3) is 0.107. The largest absolute Gasteiger partial charge is 0.344 e. The Balaban J connectivity index is 1.90. The van der Waals surface area contributed by atoms with Gasteiger partial charge in [0.15, 0.2) is 5.78 Å². The Morgan fingerprint density at radius 2 is 1.50 bits per heavy atom. The third-order valence-corrected chi connectivity index (χ3v) is 7.58. The first-order chi connectivity index (χ1) is 16.3. The van der Waals surface area contributed by atoms with Crippen LogP contribution in [0.2, 0.25) is 0 Å². The molecule has 5 aromatic rings. The second kappa shape index (κ2) is 8.15. The predicted octanol–water partition coefficient (Wildman–Crippen LogP) is 6.31. The van der Waals surface area contributed by atoms with E-state index in [0.717, 1.165) is 32.9 Å². The third-order valence-electron chi connectivity index (χ3n) is 6.21. The number of Topliss-reactive ketones (excluding diaryl/α,β-unsaturated/α-hetero) is 1. The quantitative estimate of drug-likeness (QED) is 0.307. The molecule has 170 valence electrons. The lowest BCUT2D eigenvalue weighted by Crippen LogP contribution is -2.16. The first kappa shape index (κ1) is 21.9. The van der Waals surface area contributed by atoms with Gasteiger partial charge in [-0.05, 0) is 43.7 Å². The minimum Gasteiger partial charge on any atom is -0.344 e. The minimum atomic E-state index is -3.94. The van der Waals surface area contributed by atoms with Gasteiger partial charge in [-0.3, -0.25) is 9.52 Å². The van der Waals surface area contributed by atoms with Crippen molar-refractivity contribution in [1.82, 2.24) is 4.57 Å². The van der Waals surface area contributed by atoms with Gasteiger partial charge in [-0.15, -0.1) is 0 Å². The van der Waals surface area contributed by atoms with Crippen LogP contribution in [0.15, 0.2) is 89.8 Å². The topological polar surface area (TPSA) is 68.2 Å². The molecule has 0 fully saturated rings. The van der Waals surface area contributed by atoms with Gasteiger partial charge in [0.05, 0.1) is 16.1 Å². The van der Waals surface area contributed by atoms with Crippen LogP contribution < -0.4 is 4.72 Å². The SMILES string of the molecule is CC(=O)c1cc2c(c(-c3ccccc3)c1NS(=O)(=O)c1ccc(C)cc1)c1ccccc1n2C. The molecule has 1 N–H and O–H groups in total. The van der Waals surface area contributed by atoms with Gasteiger partial charge >= 0.3 is 0 Å². The van der Waals surface area contributed by atoms with E-state index in [2.05, 4.69) is 4.72 Å². The molecule has 4 aromatic carbocycles. The minimum absolute atomic E-state index is 0.143. The zero-order valence-corrected chi connectivity index (χ0v) is 20.0. The molecule has 0 aliphatic carbocycles. The Hall–Kier alpha value is -3.90. The van der Waals surface area contributed by atoms with Gasteiger partial charge in [-0.1, -0.05) is 66.2 Å². The number of carbonyl (C=O) groups is 1. The van der Waals surface area contributed by atoms with Gasteiger partial charge in [-0.25, -0.2) is 8.42 Å². The van der Waals surface area contributed by atoms with Crippen LogP contribution in [0.1, 0.15) is 22.8 Å². The number of fused-ring (bicyclic) bond motifs is 3. The van der Waals surface area contributed by atoms with Crippen LogP contribution in [0, 0.1) is 6.92 Å². The van der Waals surface area contributed by atoms with E-state index in [4.69, 9.17) is 0 Å². The van der Waals surface area contributed by atoms with Crippen LogP contribution in [-0.2, 0) is 17.1 Å². The lowest BCUT2D eigenvalue weighted by atomic mass is 9.93. The van der Waals surface area contributed by atoms with E-state index < -0.39 is 10.0 Å². The molecular formula is C28H24N2O3S. The highest BCUT2D eigenvalue weighted by molar-refractivity contribution is 7.92. The average molecular weight is 469 g/mol. The molecule has 1 aromatic heterocycles. The summed E-state index contributed by atoms with van der Waals surface area (Å²) < 4.78 is 31.7. The highest BCUT2D eigenvalue weighted by atomic mass is 32.2. The molecule has 0 aliphatic heterocycles. The summed E-state index contributed by atoms with van der Waals surface area (Å²) in [7, 11) is -1.98.